The minimum atomic E-state index is -0.444. The second kappa shape index (κ2) is 6.64. The molecule has 0 aliphatic heterocycles. The Morgan fingerprint density at radius 3 is 2.20 bits per heavy atom. The van der Waals surface area contributed by atoms with E-state index in [9.17, 15) is 0 Å². The van der Waals surface area contributed by atoms with Crippen molar-refractivity contribution in [3.8, 4) is 0 Å². The van der Waals surface area contributed by atoms with Crippen molar-refractivity contribution < 1.29 is 4.74 Å². The maximum absolute atomic E-state index is 6.24. The number of ether oxygens (including phenoxy) is 1. The normalized spacial score (nSPS) is 14.2. The van der Waals surface area contributed by atoms with Crippen LogP contribution in [0.3, 0.4) is 0 Å². The van der Waals surface area contributed by atoms with Crippen LogP contribution in [0.4, 0.5) is 0 Å². The van der Waals surface area contributed by atoms with E-state index in [1.807, 2.05) is 42.7 Å². The third-order valence-corrected chi connectivity index (χ3v) is 3.49. The Hall–Kier alpha value is -1.71. The van der Waals surface area contributed by atoms with Crippen molar-refractivity contribution in [1.29, 1.82) is 0 Å². The minimum Gasteiger partial charge on any atom is -0.365 e. The summed E-state index contributed by atoms with van der Waals surface area (Å²) < 4.78 is 6.24. The summed E-state index contributed by atoms with van der Waals surface area (Å²) in [7, 11) is 4.10. The molecule has 0 aliphatic rings. The van der Waals surface area contributed by atoms with Crippen LogP contribution < -0.4 is 0 Å². The molecule has 0 bridgehead atoms. The maximum atomic E-state index is 6.24. The predicted molar refractivity (Wildman–Crippen MR) is 81.6 cm³/mol. The summed E-state index contributed by atoms with van der Waals surface area (Å²) in [5.74, 6) is 0. The van der Waals surface area contributed by atoms with Crippen molar-refractivity contribution in [2.75, 3.05) is 27.2 Å². The Morgan fingerprint density at radius 2 is 1.60 bits per heavy atom. The summed E-state index contributed by atoms with van der Waals surface area (Å²) in [6, 6.07) is 14.4. The molecule has 106 valence electrons. The lowest BCUT2D eigenvalue weighted by atomic mass is 9.88. The molecule has 2 rings (SSSR count). The smallest absolute Gasteiger partial charge is 0.115 e. The highest BCUT2D eigenvalue weighted by Gasteiger charge is 2.29. The fourth-order valence-corrected chi connectivity index (χ4v) is 2.19. The highest BCUT2D eigenvalue weighted by molar-refractivity contribution is 5.34. The zero-order chi connectivity index (χ0) is 14.4. The molecule has 0 fully saturated rings. The molecule has 0 saturated heterocycles. The van der Waals surface area contributed by atoms with Crippen LogP contribution in [0.2, 0.25) is 0 Å². The van der Waals surface area contributed by atoms with Crippen molar-refractivity contribution in [2.24, 2.45) is 0 Å². The van der Waals surface area contributed by atoms with Crippen LogP contribution in [0.25, 0.3) is 0 Å². The molecule has 1 atom stereocenters. The van der Waals surface area contributed by atoms with Crippen molar-refractivity contribution in [3.05, 3.63) is 66.0 Å². The molecule has 20 heavy (non-hydrogen) atoms. The number of hydrogen-bond acceptors (Lipinski definition) is 3. The van der Waals surface area contributed by atoms with Gasteiger partial charge in [0.05, 0.1) is 6.61 Å². The summed E-state index contributed by atoms with van der Waals surface area (Å²) in [5, 5.41) is 0. The van der Waals surface area contributed by atoms with Crippen molar-refractivity contribution in [3.63, 3.8) is 0 Å². The van der Waals surface area contributed by atoms with E-state index >= 15 is 0 Å². The van der Waals surface area contributed by atoms with E-state index in [1.165, 1.54) is 0 Å². The van der Waals surface area contributed by atoms with Gasteiger partial charge in [0.15, 0.2) is 0 Å². The number of pyridine rings is 1. The summed E-state index contributed by atoms with van der Waals surface area (Å²) in [6.45, 7) is 3.70. The number of benzene rings is 1. The molecular formula is C17H22N2O. The molecular weight excluding hydrogens is 248 g/mol. The molecule has 1 aromatic carbocycles. The van der Waals surface area contributed by atoms with Crippen LogP contribution in [0.15, 0.2) is 54.9 Å². The van der Waals surface area contributed by atoms with Crippen LogP contribution in [0.5, 0.6) is 0 Å². The topological polar surface area (TPSA) is 25.4 Å². The van der Waals surface area contributed by atoms with E-state index in [1.54, 1.807) is 0 Å². The van der Waals surface area contributed by atoms with Crippen molar-refractivity contribution in [1.82, 2.24) is 9.88 Å². The molecule has 0 amide bonds. The molecule has 0 saturated carbocycles. The molecule has 2 aromatic rings. The Kier molecular flexibility index (Phi) is 4.88. The van der Waals surface area contributed by atoms with Crippen LogP contribution in [-0.4, -0.2) is 37.1 Å². The van der Waals surface area contributed by atoms with Gasteiger partial charge in [0, 0.05) is 18.9 Å². The van der Waals surface area contributed by atoms with E-state index in [2.05, 4.69) is 43.0 Å². The third kappa shape index (κ3) is 3.44. The molecule has 0 spiro atoms. The number of rotatable bonds is 6. The molecule has 1 unspecified atom stereocenters. The SMILES string of the molecule is CN(C)CCOC(C)(c1ccccc1)c1ccncc1. The quantitative estimate of drug-likeness (QED) is 0.807. The molecule has 1 heterocycles. The number of aromatic nitrogens is 1. The van der Waals surface area contributed by atoms with E-state index in [4.69, 9.17) is 4.74 Å². The first kappa shape index (κ1) is 14.7. The van der Waals surface area contributed by atoms with Gasteiger partial charge in [0.2, 0.25) is 0 Å². The molecule has 0 N–H and O–H groups in total. The Bertz CT molecular complexity index is 472. The van der Waals surface area contributed by atoms with Gasteiger partial charge in [-0.2, -0.15) is 0 Å². The standard InChI is InChI=1S/C17H22N2O/c1-17(20-14-13-19(2)3,15-7-5-4-6-8-15)16-9-11-18-12-10-16/h4-12H,13-14H2,1-3H3. The first-order valence-corrected chi connectivity index (χ1v) is 6.87. The van der Waals surface area contributed by atoms with Crippen LogP contribution in [0, 0.1) is 0 Å². The average molecular weight is 270 g/mol. The number of nitrogens with zero attached hydrogens (tertiary/aromatic N) is 2. The Morgan fingerprint density at radius 1 is 1.00 bits per heavy atom. The molecule has 1 aromatic heterocycles. The van der Waals surface area contributed by atoms with Gasteiger partial charge in [-0.1, -0.05) is 30.3 Å². The zero-order valence-corrected chi connectivity index (χ0v) is 12.4. The van der Waals surface area contributed by atoms with E-state index in [-0.39, 0.29) is 0 Å². The van der Waals surface area contributed by atoms with Gasteiger partial charge in [-0.25, -0.2) is 0 Å². The number of hydrogen-bond donors (Lipinski definition) is 0. The lowest BCUT2D eigenvalue weighted by Gasteiger charge is -2.31. The predicted octanol–water partition coefficient (Wildman–Crippen LogP) is 2.92. The summed E-state index contributed by atoms with van der Waals surface area (Å²) in [6.07, 6.45) is 3.62. The third-order valence-electron chi connectivity index (χ3n) is 3.49. The van der Waals surface area contributed by atoms with Crippen LogP contribution in [-0.2, 0) is 10.3 Å². The minimum absolute atomic E-state index is 0.444. The highest BCUT2D eigenvalue weighted by Crippen LogP contribution is 2.32. The molecule has 0 aliphatic carbocycles. The maximum Gasteiger partial charge on any atom is 0.115 e. The van der Waals surface area contributed by atoms with E-state index in [0.717, 1.165) is 17.7 Å². The van der Waals surface area contributed by atoms with Gasteiger partial charge >= 0.3 is 0 Å². The summed E-state index contributed by atoms with van der Waals surface area (Å²) in [5.41, 5.74) is 1.84. The fourth-order valence-electron chi connectivity index (χ4n) is 2.19. The van der Waals surface area contributed by atoms with E-state index in [0.29, 0.717) is 6.61 Å². The molecule has 0 radical (unpaired) electrons. The zero-order valence-electron chi connectivity index (χ0n) is 12.4. The van der Waals surface area contributed by atoms with Crippen LogP contribution in [0.1, 0.15) is 18.1 Å². The summed E-state index contributed by atoms with van der Waals surface area (Å²) >= 11 is 0. The summed E-state index contributed by atoms with van der Waals surface area (Å²) in [4.78, 5) is 6.22. The first-order chi connectivity index (χ1) is 9.63. The molecule has 3 heteroatoms. The highest BCUT2D eigenvalue weighted by atomic mass is 16.5. The Balaban J connectivity index is 2.29. The lowest BCUT2D eigenvalue weighted by Crippen LogP contribution is -2.31. The van der Waals surface area contributed by atoms with Gasteiger partial charge in [-0.05, 0) is 44.3 Å². The average Bonchev–Trinajstić information content (AvgIpc) is 2.48. The van der Waals surface area contributed by atoms with Gasteiger partial charge in [0.25, 0.3) is 0 Å². The van der Waals surface area contributed by atoms with Gasteiger partial charge in [0.1, 0.15) is 5.60 Å². The fraction of sp³-hybridized carbons (Fsp3) is 0.353. The number of likely N-dealkylation sites (N-methyl/N-ethyl adjacent to an activating group) is 1. The second-order valence-corrected chi connectivity index (χ2v) is 5.29. The van der Waals surface area contributed by atoms with Crippen molar-refractivity contribution >= 4 is 0 Å². The largest absolute Gasteiger partial charge is 0.365 e. The molecule has 3 nitrogen and oxygen atoms in total. The first-order valence-electron chi connectivity index (χ1n) is 6.87. The van der Waals surface area contributed by atoms with Crippen LogP contribution >= 0.6 is 0 Å². The second-order valence-electron chi connectivity index (χ2n) is 5.29. The lowest BCUT2D eigenvalue weighted by molar-refractivity contribution is -0.0102. The van der Waals surface area contributed by atoms with E-state index < -0.39 is 5.60 Å². The van der Waals surface area contributed by atoms with Gasteiger partial charge in [-0.15, -0.1) is 0 Å². The van der Waals surface area contributed by atoms with Gasteiger partial charge in [-0.3, -0.25) is 4.98 Å². The van der Waals surface area contributed by atoms with Gasteiger partial charge < -0.3 is 9.64 Å². The Labute approximate surface area is 121 Å². The van der Waals surface area contributed by atoms with Crippen molar-refractivity contribution in [2.45, 2.75) is 12.5 Å². The monoisotopic (exact) mass is 270 g/mol.